The number of phenolic OH excluding ortho intramolecular Hbond substituents is 2. The largest absolute Gasteiger partial charge is 0.507 e. The summed E-state index contributed by atoms with van der Waals surface area (Å²) < 4.78 is 0. The molecule has 0 radical (unpaired) electrons. The SMILES string of the molecule is N#Cc1ccc(NC(=O)c2c(O)cccc2O)nc1. The molecular formula is C13H9N3O3. The zero-order valence-corrected chi connectivity index (χ0v) is 9.66. The average molecular weight is 255 g/mol. The maximum Gasteiger partial charge on any atom is 0.264 e. The van der Waals surface area contributed by atoms with Crippen molar-refractivity contribution < 1.29 is 15.0 Å². The predicted octanol–water partition coefficient (Wildman–Crippen LogP) is 1.62. The van der Waals surface area contributed by atoms with E-state index in [-0.39, 0.29) is 22.9 Å². The Labute approximate surface area is 108 Å². The number of aromatic nitrogens is 1. The minimum atomic E-state index is -0.687. The smallest absolute Gasteiger partial charge is 0.264 e. The van der Waals surface area contributed by atoms with Crippen LogP contribution in [0.1, 0.15) is 15.9 Å². The summed E-state index contributed by atoms with van der Waals surface area (Å²) in [6.45, 7) is 0. The van der Waals surface area contributed by atoms with Crippen LogP contribution in [0, 0.1) is 11.3 Å². The second-order valence-corrected chi connectivity index (χ2v) is 3.67. The van der Waals surface area contributed by atoms with Gasteiger partial charge in [0.2, 0.25) is 0 Å². The quantitative estimate of drug-likeness (QED) is 0.755. The first kappa shape index (κ1) is 12.4. The van der Waals surface area contributed by atoms with Crippen LogP contribution in [0.4, 0.5) is 5.82 Å². The molecule has 0 saturated heterocycles. The molecule has 0 atom stereocenters. The lowest BCUT2D eigenvalue weighted by Gasteiger charge is -2.07. The first-order chi connectivity index (χ1) is 9.11. The maximum atomic E-state index is 11.9. The molecule has 0 saturated carbocycles. The number of rotatable bonds is 2. The number of benzene rings is 1. The van der Waals surface area contributed by atoms with Crippen molar-refractivity contribution in [1.29, 1.82) is 5.26 Å². The van der Waals surface area contributed by atoms with Gasteiger partial charge in [-0.05, 0) is 24.3 Å². The van der Waals surface area contributed by atoms with E-state index in [2.05, 4.69) is 10.3 Å². The number of carbonyl (C=O) groups excluding carboxylic acids is 1. The fourth-order valence-corrected chi connectivity index (χ4v) is 1.47. The molecule has 0 spiro atoms. The summed E-state index contributed by atoms with van der Waals surface area (Å²) >= 11 is 0. The summed E-state index contributed by atoms with van der Waals surface area (Å²) in [6, 6.07) is 8.85. The monoisotopic (exact) mass is 255 g/mol. The lowest BCUT2D eigenvalue weighted by molar-refractivity contribution is 0.102. The van der Waals surface area contributed by atoms with Crippen LogP contribution < -0.4 is 5.32 Å². The van der Waals surface area contributed by atoms with Crippen LogP contribution >= 0.6 is 0 Å². The Morgan fingerprint density at radius 2 is 1.89 bits per heavy atom. The number of aromatic hydroxyl groups is 2. The number of nitriles is 1. The van der Waals surface area contributed by atoms with Crippen molar-refractivity contribution in [3.05, 3.63) is 47.7 Å². The van der Waals surface area contributed by atoms with Gasteiger partial charge < -0.3 is 15.5 Å². The van der Waals surface area contributed by atoms with Crippen LogP contribution in [0.3, 0.4) is 0 Å². The number of phenols is 2. The summed E-state index contributed by atoms with van der Waals surface area (Å²) in [5.41, 5.74) is 0.136. The van der Waals surface area contributed by atoms with Crippen molar-refractivity contribution in [2.24, 2.45) is 0 Å². The van der Waals surface area contributed by atoms with Gasteiger partial charge in [0.1, 0.15) is 28.9 Å². The number of anilines is 1. The third-order valence-electron chi connectivity index (χ3n) is 2.38. The Hall–Kier alpha value is -3.07. The minimum Gasteiger partial charge on any atom is -0.507 e. The van der Waals surface area contributed by atoms with Crippen molar-refractivity contribution >= 4 is 11.7 Å². The molecule has 0 fully saturated rings. The van der Waals surface area contributed by atoms with Gasteiger partial charge in [0, 0.05) is 6.20 Å². The van der Waals surface area contributed by atoms with E-state index in [4.69, 9.17) is 5.26 Å². The number of amides is 1. The van der Waals surface area contributed by atoms with E-state index in [0.29, 0.717) is 5.56 Å². The van der Waals surface area contributed by atoms with Crippen LogP contribution in [0.15, 0.2) is 36.5 Å². The fourth-order valence-electron chi connectivity index (χ4n) is 1.47. The average Bonchev–Trinajstić information content (AvgIpc) is 2.39. The Balaban J connectivity index is 2.23. The Bertz CT molecular complexity index is 640. The molecule has 0 unspecified atom stereocenters. The molecule has 6 heteroatoms. The molecule has 3 N–H and O–H groups in total. The molecule has 1 amide bonds. The van der Waals surface area contributed by atoms with Crippen LogP contribution in [0.5, 0.6) is 11.5 Å². The molecule has 94 valence electrons. The number of pyridine rings is 1. The Kier molecular flexibility index (Phi) is 3.30. The third-order valence-corrected chi connectivity index (χ3v) is 2.38. The first-order valence-corrected chi connectivity index (χ1v) is 5.30. The summed E-state index contributed by atoms with van der Waals surface area (Å²) in [6.07, 6.45) is 1.31. The van der Waals surface area contributed by atoms with Crippen LogP contribution in [0.25, 0.3) is 0 Å². The number of carbonyl (C=O) groups is 1. The van der Waals surface area contributed by atoms with Crippen molar-refractivity contribution in [3.8, 4) is 17.6 Å². The molecule has 6 nitrogen and oxygen atoms in total. The maximum absolute atomic E-state index is 11.9. The molecule has 2 rings (SSSR count). The second-order valence-electron chi connectivity index (χ2n) is 3.67. The van der Waals surface area contributed by atoms with Crippen molar-refractivity contribution in [2.45, 2.75) is 0 Å². The fraction of sp³-hybridized carbons (Fsp3) is 0. The normalized spacial score (nSPS) is 9.63. The van der Waals surface area contributed by atoms with E-state index in [1.165, 1.54) is 36.5 Å². The van der Waals surface area contributed by atoms with Crippen molar-refractivity contribution in [3.63, 3.8) is 0 Å². The van der Waals surface area contributed by atoms with Gasteiger partial charge in [0.15, 0.2) is 0 Å². The van der Waals surface area contributed by atoms with Gasteiger partial charge >= 0.3 is 0 Å². The van der Waals surface area contributed by atoms with Gasteiger partial charge in [-0.2, -0.15) is 5.26 Å². The zero-order chi connectivity index (χ0) is 13.8. The molecule has 1 aromatic heterocycles. The molecule has 0 bridgehead atoms. The van der Waals surface area contributed by atoms with E-state index in [9.17, 15) is 15.0 Å². The van der Waals surface area contributed by atoms with Gasteiger partial charge in [0.05, 0.1) is 5.56 Å². The van der Waals surface area contributed by atoms with Gasteiger partial charge in [-0.15, -0.1) is 0 Å². The summed E-state index contributed by atoms with van der Waals surface area (Å²) in [4.78, 5) is 15.7. The van der Waals surface area contributed by atoms with Gasteiger partial charge in [-0.1, -0.05) is 6.07 Å². The molecule has 2 aromatic rings. The summed E-state index contributed by atoms with van der Waals surface area (Å²) in [5, 5.41) is 30.1. The van der Waals surface area contributed by atoms with Crippen molar-refractivity contribution in [1.82, 2.24) is 4.98 Å². The topological polar surface area (TPSA) is 106 Å². The molecule has 1 heterocycles. The minimum absolute atomic E-state index is 0.214. The molecule has 0 aliphatic heterocycles. The molecule has 1 aromatic carbocycles. The number of nitrogens with zero attached hydrogens (tertiary/aromatic N) is 2. The van der Waals surface area contributed by atoms with E-state index < -0.39 is 5.91 Å². The van der Waals surface area contributed by atoms with E-state index >= 15 is 0 Å². The first-order valence-electron chi connectivity index (χ1n) is 5.30. The van der Waals surface area contributed by atoms with Crippen LogP contribution in [-0.2, 0) is 0 Å². The van der Waals surface area contributed by atoms with E-state index in [0.717, 1.165) is 0 Å². The molecule has 19 heavy (non-hydrogen) atoms. The van der Waals surface area contributed by atoms with Crippen molar-refractivity contribution in [2.75, 3.05) is 5.32 Å². The van der Waals surface area contributed by atoms with Gasteiger partial charge in [-0.25, -0.2) is 4.98 Å². The second kappa shape index (κ2) is 5.06. The Morgan fingerprint density at radius 1 is 1.21 bits per heavy atom. The summed E-state index contributed by atoms with van der Waals surface area (Å²) in [7, 11) is 0. The number of hydrogen-bond donors (Lipinski definition) is 3. The lowest BCUT2D eigenvalue weighted by Crippen LogP contribution is -2.13. The predicted molar refractivity (Wildman–Crippen MR) is 66.7 cm³/mol. The number of nitrogens with one attached hydrogen (secondary N) is 1. The highest BCUT2D eigenvalue weighted by Crippen LogP contribution is 2.26. The highest BCUT2D eigenvalue weighted by molar-refractivity contribution is 6.07. The van der Waals surface area contributed by atoms with Crippen LogP contribution in [0.2, 0.25) is 0 Å². The molecule has 0 aliphatic carbocycles. The standard InChI is InChI=1S/C13H9N3O3/c14-6-8-4-5-11(15-7-8)16-13(19)12-9(17)2-1-3-10(12)18/h1-5,7,17-18H,(H,15,16,19). The van der Waals surface area contributed by atoms with Crippen LogP contribution in [-0.4, -0.2) is 21.1 Å². The molecular weight excluding hydrogens is 246 g/mol. The highest BCUT2D eigenvalue weighted by atomic mass is 16.3. The lowest BCUT2D eigenvalue weighted by atomic mass is 10.1. The summed E-state index contributed by atoms with van der Waals surface area (Å²) in [5.74, 6) is -1.13. The van der Waals surface area contributed by atoms with E-state index in [1.807, 2.05) is 6.07 Å². The third kappa shape index (κ3) is 2.61. The zero-order valence-electron chi connectivity index (χ0n) is 9.66. The number of hydrogen-bond acceptors (Lipinski definition) is 5. The Morgan fingerprint density at radius 3 is 2.42 bits per heavy atom. The highest BCUT2D eigenvalue weighted by Gasteiger charge is 2.16. The van der Waals surface area contributed by atoms with Gasteiger partial charge in [0.25, 0.3) is 5.91 Å². The van der Waals surface area contributed by atoms with E-state index in [1.54, 1.807) is 0 Å². The van der Waals surface area contributed by atoms with Gasteiger partial charge in [-0.3, -0.25) is 4.79 Å². The molecule has 0 aliphatic rings.